The summed E-state index contributed by atoms with van der Waals surface area (Å²) >= 11 is 0. The molecule has 0 fully saturated rings. The highest BCUT2D eigenvalue weighted by Crippen LogP contribution is 2.10. The van der Waals surface area contributed by atoms with Crippen molar-refractivity contribution in [2.75, 3.05) is 13.4 Å². The summed E-state index contributed by atoms with van der Waals surface area (Å²) in [5.74, 6) is 0.701. The van der Waals surface area contributed by atoms with Gasteiger partial charge in [-0.05, 0) is 13.8 Å². The summed E-state index contributed by atoms with van der Waals surface area (Å²) in [6, 6.07) is -1.33. The van der Waals surface area contributed by atoms with Gasteiger partial charge in [0.1, 0.15) is 5.82 Å². The molecule has 0 aliphatic heterocycles. The van der Waals surface area contributed by atoms with E-state index in [0.717, 1.165) is 6.26 Å². The summed E-state index contributed by atoms with van der Waals surface area (Å²) in [5, 5.41) is 2.39. The van der Waals surface area contributed by atoms with Crippen LogP contribution in [0.25, 0.3) is 0 Å². The smallest absolute Gasteiger partial charge is 0.328 e. The quantitative estimate of drug-likeness (QED) is 0.766. The van der Waals surface area contributed by atoms with E-state index in [4.69, 9.17) is 4.74 Å². The average Bonchev–Trinajstić information content (AvgIpc) is 2.25. The summed E-state index contributed by atoms with van der Waals surface area (Å²) in [5.41, 5.74) is 0. The standard InChI is InChI=1S/C9H15N5O4S/c1-5(10-8(15)14-19(4,16)17)7-11-6(2)12-9(13-7)18-3/h5H,1-4H3,(H2,10,14,15). The lowest BCUT2D eigenvalue weighted by Gasteiger charge is -2.13. The molecule has 9 nitrogen and oxygen atoms in total. The number of nitrogens with one attached hydrogen (secondary N) is 2. The maximum Gasteiger partial charge on any atom is 0.328 e. The van der Waals surface area contributed by atoms with E-state index in [2.05, 4.69) is 20.3 Å². The third-order valence-electron chi connectivity index (χ3n) is 1.94. The van der Waals surface area contributed by atoms with Crippen LogP contribution in [0.4, 0.5) is 4.79 Å². The second-order valence-corrected chi connectivity index (χ2v) is 5.55. The molecule has 1 heterocycles. The third-order valence-corrected chi connectivity index (χ3v) is 2.50. The Bertz CT molecular complexity index is 574. The minimum Gasteiger partial charge on any atom is -0.467 e. The normalized spacial score (nSPS) is 12.6. The van der Waals surface area contributed by atoms with Gasteiger partial charge in [0.2, 0.25) is 10.0 Å². The molecule has 0 saturated heterocycles. The lowest BCUT2D eigenvalue weighted by Crippen LogP contribution is -2.40. The topological polar surface area (TPSA) is 123 Å². The molecule has 0 spiro atoms. The number of ether oxygens (including phenoxy) is 1. The molecule has 1 atom stereocenters. The number of rotatable bonds is 4. The molecule has 0 aliphatic rings. The highest BCUT2D eigenvalue weighted by Gasteiger charge is 2.16. The SMILES string of the molecule is COc1nc(C)nc(C(C)NC(=O)NS(C)(=O)=O)n1. The molecular weight excluding hydrogens is 274 g/mol. The van der Waals surface area contributed by atoms with Gasteiger partial charge < -0.3 is 10.1 Å². The highest BCUT2D eigenvalue weighted by atomic mass is 32.2. The van der Waals surface area contributed by atoms with Crippen molar-refractivity contribution in [3.63, 3.8) is 0 Å². The number of urea groups is 1. The number of aryl methyl sites for hydroxylation is 1. The van der Waals surface area contributed by atoms with Gasteiger partial charge in [0, 0.05) is 0 Å². The first-order valence-corrected chi connectivity index (χ1v) is 7.15. The molecule has 19 heavy (non-hydrogen) atoms. The van der Waals surface area contributed by atoms with Crippen molar-refractivity contribution in [2.24, 2.45) is 0 Å². The zero-order valence-corrected chi connectivity index (χ0v) is 11.8. The number of amides is 2. The van der Waals surface area contributed by atoms with Crippen LogP contribution in [-0.2, 0) is 10.0 Å². The molecule has 0 saturated carbocycles. The number of carbonyl (C=O) groups is 1. The molecular formula is C9H15N5O4S. The number of hydrogen-bond donors (Lipinski definition) is 2. The number of carbonyl (C=O) groups excluding carboxylic acids is 1. The highest BCUT2D eigenvalue weighted by molar-refractivity contribution is 7.89. The van der Waals surface area contributed by atoms with Crippen LogP contribution in [-0.4, -0.2) is 42.8 Å². The van der Waals surface area contributed by atoms with Crippen LogP contribution in [0.5, 0.6) is 6.01 Å². The van der Waals surface area contributed by atoms with Crippen LogP contribution in [0.1, 0.15) is 24.6 Å². The first-order chi connectivity index (χ1) is 8.71. The van der Waals surface area contributed by atoms with E-state index < -0.39 is 22.1 Å². The minimum absolute atomic E-state index is 0.125. The molecule has 2 amide bonds. The lowest BCUT2D eigenvalue weighted by molar-refractivity contribution is 0.242. The molecule has 0 bridgehead atoms. The van der Waals surface area contributed by atoms with Gasteiger partial charge in [0.15, 0.2) is 5.82 Å². The summed E-state index contributed by atoms with van der Waals surface area (Å²) in [6.07, 6.45) is 0.882. The van der Waals surface area contributed by atoms with Crippen LogP contribution in [0.15, 0.2) is 0 Å². The lowest BCUT2D eigenvalue weighted by atomic mass is 10.3. The summed E-state index contributed by atoms with van der Waals surface area (Å²) in [6.45, 7) is 3.26. The predicted molar refractivity (Wildman–Crippen MR) is 66.0 cm³/mol. The Kier molecular flexibility index (Phi) is 4.59. The summed E-state index contributed by atoms with van der Waals surface area (Å²) < 4.78 is 28.4. The average molecular weight is 289 g/mol. The van der Waals surface area contributed by atoms with Crippen LogP contribution in [0.2, 0.25) is 0 Å². The maximum atomic E-state index is 11.4. The third kappa shape index (κ3) is 5.04. The molecule has 106 valence electrons. The van der Waals surface area contributed by atoms with E-state index in [1.54, 1.807) is 18.6 Å². The van der Waals surface area contributed by atoms with Crippen LogP contribution >= 0.6 is 0 Å². The molecule has 1 aromatic heterocycles. The molecule has 1 unspecified atom stereocenters. The fraction of sp³-hybridized carbons (Fsp3) is 0.556. The number of hydrogen-bond acceptors (Lipinski definition) is 7. The molecule has 10 heteroatoms. The first-order valence-electron chi connectivity index (χ1n) is 5.26. The van der Waals surface area contributed by atoms with Gasteiger partial charge in [-0.25, -0.2) is 22.9 Å². The largest absolute Gasteiger partial charge is 0.467 e. The van der Waals surface area contributed by atoms with Gasteiger partial charge in [-0.15, -0.1) is 0 Å². The van der Waals surface area contributed by atoms with Gasteiger partial charge in [0.25, 0.3) is 0 Å². The molecule has 0 aliphatic carbocycles. The van der Waals surface area contributed by atoms with Gasteiger partial charge in [-0.1, -0.05) is 0 Å². The van der Waals surface area contributed by atoms with Crippen molar-refractivity contribution in [3.8, 4) is 6.01 Å². The summed E-state index contributed by atoms with van der Waals surface area (Å²) in [4.78, 5) is 23.3. The molecule has 0 radical (unpaired) electrons. The van der Waals surface area contributed by atoms with Gasteiger partial charge in [-0.2, -0.15) is 9.97 Å². The van der Waals surface area contributed by atoms with Gasteiger partial charge in [0.05, 0.1) is 19.4 Å². The van der Waals surface area contributed by atoms with E-state index in [0.29, 0.717) is 5.82 Å². The van der Waals surface area contributed by atoms with Crippen LogP contribution < -0.4 is 14.8 Å². The Hall–Kier alpha value is -1.97. The summed E-state index contributed by atoms with van der Waals surface area (Å²) in [7, 11) is -2.20. The fourth-order valence-corrected chi connectivity index (χ4v) is 1.62. The Morgan fingerprint density at radius 2 is 1.95 bits per heavy atom. The molecule has 1 rings (SSSR count). The predicted octanol–water partition coefficient (Wildman–Crippen LogP) is -0.492. The second kappa shape index (κ2) is 5.78. The monoisotopic (exact) mass is 289 g/mol. The van der Waals surface area contributed by atoms with Crippen molar-refractivity contribution in [2.45, 2.75) is 19.9 Å². The van der Waals surface area contributed by atoms with E-state index in [9.17, 15) is 13.2 Å². The van der Waals surface area contributed by atoms with Crippen molar-refractivity contribution in [1.29, 1.82) is 0 Å². The van der Waals surface area contributed by atoms with E-state index >= 15 is 0 Å². The maximum absolute atomic E-state index is 11.4. The Morgan fingerprint density at radius 1 is 1.32 bits per heavy atom. The molecule has 0 aromatic carbocycles. The minimum atomic E-state index is -3.61. The van der Waals surface area contributed by atoms with Gasteiger partial charge >= 0.3 is 12.0 Å². The van der Waals surface area contributed by atoms with Gasteiger partial charge in [-0.3, -0.25) is 0 Å². The number of aromatic nitrogens is 3. The zero-order valence-electron chi connectivity index (χ0n) is 11.0. The zero-order chi connectivity index (χ0) is 14.6. The second-order valence-electron chi connectivity index (χ2n) is 3.80. The van der Waals surface area contributed by atoms with Crippen molar-refractivity contribution in [3.05, 3.63) is 11.6 Å². The van der Waals surface area contributed by atoms with E-state index in [1.165, 1.54) is 7.11 Å². The van der Waals surface area contributed by atoms with E-state index in [-0.39, 0.29) is 11.8 Å². The Balaban J connectivity index is 2.81. The van der Waals surface area contributed by atoms with Crippen molar-refractivity contribution < 1.29 is 17.9 Å². The van der Waals surface area contributed by atoms with Crippen LogP contribution in [0, 0.1) is 6.92 Å². The Labute approximate surface area is 110 Å². The Morgan fingerprint density at radius 3 is 2.47 bits per heavy atom. The number of nitrogens with zero attached hydrogens (tertiary/aromatic N) is 3. The number of sulfonamides is 1. The molecule has 2 N–H and O–H groups in total. The van der Waals surface area contributed by atoms with Crippen LogP contribution in [0.3, 0.4) is 0 Å². The molecule has 1 aromatic rings. The first kappa shape index (κ1) is 15.1. The number of methoxy groups -OCH3 is 1. The fourth-order valence-electron chi connectivity index (χ4n) is 1.22. The van der Waals surface area contributed by atoms with Crippen molar-refractivity contribution >= 4 is 16.1 Å². The van der Waals surface area contributed by atoms with E-state index in [1.807, 2.05) is 0 Å². The van der Waals surface area contributed by atoms with Crippen molar-refractivity contribution in [1.82, 2.24) is 25.0 Å².